The second-order valence-electron chi connectivity index (χ2n) is 8.34. The van der Waals surface area contributed by atoms with Gasteiger partial charge < -0.3 is 4.43 Å². The molecule has 2 aliphatic carbocycles. The van der Waals surface area contributed by atoms with E-state index in [-0.39, 0.29) is 16.9 Å². The second-order valence-corrected chi connectivity index (χ2v) is 10.4. The van der Waals surface area contributed by atoms with Gasteiger partial charge in [-0.25, -0.2) is 0 Å². The zero-order valence-corrected chi connectivity index (χ0v) is 16.7. The summed E-state index contributed by atoms with van der Waals surface area (Å²) in [5, 5.41) is 0. The minimum absolute atomic E-state index is 0.123. The van der Waals surface area contributed by atoms with Crippen molar-refractivity contribution in [2.75, 3.05) is 0 Å². The van der Waals surface area contributed by atoms with Crippen LogP contribution in [0.15, 0.2) is 23.8 Å². The first-order valence-electron chi connectivity index (χ1n) is 9.06. The van der Waals surface area contributed by atoms with Crippen molar-refractivity contribution in [2.24, 2.45) is 17.3 Å². The Balaban J connectivity index is 1.99. The SMILES string of the molecule is C[C@H](C/C=C/C(C)(C)O[Si](C)C)C1=CCC2C(=O)CCC[C@]12C. The van der Waals surface area contributed by atoms with Crippen molar-refractivity contribution in [3.05, 3.63) is 23.8 Å². The fraction of sp³-hybridized carbons (Fsp3) is 0.750. The summed E-state index contributed by atoms with van der Waals surface area (Å²) in [6, 6.07) is 0. The molecular formula is C20H33O2Si. The van der Waals surface area contributed by atoms with E-state index in [0.717, 1.165) is 25.7 Å². The van der Waals surface area contributed by atoms with Gasteiger partial charge in [-0.3, -0.25) is 4.79 Å². The van der Waals surface area contributed by atoms with Crippen molar-refractivity contribution in [2.45, 2.75) is 78.5 Å². The molecular weight excluding hydrogens is 300 g/mol. The van der Waals surface area contributed by atoms with Crippen LogP contribution in [0.5, 0.6) is 0 Å². The first-order chi connectivity index (χ1) is 10.7. The second kappa shape index (κ2) is 7.06. The Hall–Kier alpha value is -0.673. The standard InChI is InChI=1S/C20H33O2Si/c1-15(9-7-13-19(2,3)22-23(5)6)16-11-12-17-18(21)10-8-14-20(16,17)4/h7,11,13,15,17H,8-10,12,14H2,1-6H3/b13-7+/t15-,17?,20-/m1/s1. The van der Waals surface area contributed by atoms with Crippen LogP contribution in [0.25, 0.3) is 0 Å². The van der Waals surface area contributed by atoms with Crippen LogP contribution in [-0.2, 0) is 9.22 Å². The first kappa shape index (κ1) is 18.7. The molecule has 0 spiro atoms. The molecule has 3 atom stereocenters. The maximum Gasteiger partial charge on any atom is 0.206 e. The Labute approximate surface area is 144 Å². The fourth-order valence-corrected chi connectivity index (χ4v) is 5.68. The Morgan fingerprint density at radius 2 is 2.17 bits per heavy atom. The molecule has 0 amide bonds. The lowest BCUT2D eigenvalue weighted by atomic mass is 9.63. The van der Waals surface area contributed by atoms with Crippen molar-refractivity contribution in [1.82, 2.24) is 0 Å². The van der Waals surface area contributed by atoms with Gasteiger partial charge in [-0.05, 0) is 64.0 Å². The smallest absolute Gasteiger partial charge is 0.206 e. The average molecular weight is 334 g/mol. The molecule has 1 radical (unpaired) electrons. The highest BCUT2D eigenvalue weighted by molar-refractivity contribution is 6.48. The van der Waals surface area contributed by atoms with Crippen molar-refractivity contribution in [1.29, 1.82) is 0 Å². The van der Waals surface area contributed by atoms with Crippen LogP contribution in [0, 0.1) is 17.3 Å². The van der Waals surface area contributed by atoms with E-state index in [1.165, 1.54) is 12.0 Å². The quantitative estimate of drug-likeness (QED) is 0.485. The summed E-state index contributed by atoms with van der Waals surface area (Å²) in [5.74, 6) is 1.25. The normalized spacial score (nSPS) is 30.0. The predicted octanol–water partition coefficient (Wildman–Crippen LogP) is 5.32. The lowest BCUT2D eigenvalue weighted by Gasteiger charge is -2.40. The number of hydrogen-bond donors (Lipinski definition) is 0. The van der Waals surface area contributed by atoms with E-state index in [9.17, 15) is 4.79 Å². The Morgan fingerprint density at radius 1 is 1.48 bits per heavy atom. The van der Waals surface area contributed by atoms with Gasteiger partial charge in [0.2, 0.25) is 9.04 Å². The lowest BCUT2D eigenvalue weighted by molar-refractivity contribution is -0.128. The van der Waals surface area contributed by atoms with E-state index in [4.69, 9.17) is 4.43 Å². The Kier molecular flexibility index (Phi) is 5.73. The van der Waals surface area contributed by atoms with Gasteiger partial charge in [-0.15, -0.1) is 0 Å². The maximum atomic E-state index is 12.2. The molecule has 0 aromatic heterocycles. The molecule has 0 aromatic rings. The molecule has 0 aromatic carbocycles. The predicted molar refractivity (Wildman–Crippen MR) is 98.7 cm³/mol. The molecule has 2 nitrogen and oxygen atoms in total. The van der Waals surface area contributed by atoms with Crippen LogP contribution in [0.3, 0.4) is 0 Å². The van der Waals surface area contributed by atoms with Gasteiger partial charge >= 0.3 is 0 Å². The number of rotatable bonds is 6. The monoisotopic (exact) mass is 333 g/mol. The van der Waals surface area contributed by atoms with Gasteiger partial charge in [0.25, 0.3) is 0 Å². The van der Waals surface area contributed by atoms with E-state index in [2.05, 4.69) is 59.0 Å². The van der Waals surface area contributed by atoms with Crippen LogP contribution >= 0.6 is 0 Å². The summed E-state index contributed by atoms with van der Waals surface area (Å²) in [4.78, 5) is 12.2. The molecule has 2 rings (SSSR count). The van der Waals surface area contributed by atoms with Crippen molar-refractivity contribution >= 4 is 14.8 Å². The summed E-state index contributed by atoms with van der Waals surface area (Å²) in [5.41, 5.74) is 1.47. The van der Waals surface area contributed by atoms with Crippen molar-refractivity contribution in [3.63, 3.8) is 0 Å². The van der Waals surface area contributed by atoms with Gasteiger partial charge in [0.15, 0.2) is 0 Å². The van der Waals surface area contributed by atoms with E-state index < -0.39 is 9.04 Å². The number of hydrogen-bond acceptors (Lipinski definition) is 2. The summed E-state index contributed by atoms with van der Waals surface area (Å²) in [6.07, 6.45) is 11.9. The molecule has 0 N–H and O–H groups in total. The van der Waals surface area contributed by atoms with Crippen molar-refractivity contribution in [3.8, 4) is 0 Å². The lowest BCUT2D eigenvalue weighted by Crippen LogP contribution is -2.36. The Morgan fingerprint density at radius 3 is 2.83 bits per heavy atom. The van der Waals surface area contributed by atoms with Crippen LogP contribution in [-0.4, -0.2) is 20.4 Å². The van der Waals surface area contributed by atoms with E-state index >= 15 is 0 Å². The highest BCUT2D eigenvalue weighted by Gasteiger charge is 2.47. The molecule has 129 valence electrons. The summed E-state index contributed by atoms with van der Waals surface area (Å²) in [7, 11) is -0.688. The van der Waals surface area contributed by atoms with Gasteiger partial charge in [0, 0.05) is 12.3 Å². The number of fused-ring (bicyclic) bond motifs is 1. The number of allylic oxidation sites excluding steroid dienone is 3. The number of ketones is 1. The number of carbonyl (C=O) groups is 1. The molecule has 0 saturated heterocycles. The molecule has 2 aliphatic rings. The molecule has 0 bridgehead atoms. The largest absolute Gasteiger partial charge is 0.409 e. The highest BCUT2D eigenvalue weighted by atomic mass is 28.3. The Bertz CT molecular complexity index is 504. The maximum absolute atomic E-state index is 12.2. The molecule has 1 fully saturated rings. The van der Waals surface area contributed by atoms with Crippen LogP contribution < -0.4 is 0 Å². The molecule has 0 heterocycles. The van der Waals surface area contributed by atoms with Gasteiger partial charge in [-0.2, -0.15) is 0 Å². The van der Waals surface area contributed by atoms with Crippen LogP contribution in [0.4, 0.5) is 0 Å². The molecule has 1 unspecified atom stereocenters. The molecule has 1 saturated carbocycles. The van der Waals surface area contributed by atoms with E-state index in [0.29, 0.717) is 11.7 Å². The third-order valence-corrected chi connectivity index (χ3v) is 6.45. The molecule has 3 heteroatoms. The van der Waals surface area contributed by atoms with Gasteiger partial charge in [0.05, 0.1) is 5.60 Å². The van der Waals surface area contributed by atoms with Crippen molar-refractivity contribution < 1.29 is 9.22 Å². The van der Waals surface area contributed by atoms with E-state index in [1.807, 2.05) is 0 Å². The summed E-state index contributed by atoms with van der Waals surface area (Å²) < 4.78 is 6.02. The minimum atomic E-state index is -0.688. The van der Waals surface area contributed by atoms with Crippen LogP contribution in [0.2, 0.25) is 13.1 Å². The number of Topliss-reactive ketones (excluding diaryl/α,β-unsaturated/α-hetero) is 1. The first-order valence-corrected chi connectivity index (χ1v) is 11.5. The number of carbonyl (C=O) groups excluding carboxylic acids is 1. The molecule has 23 heavy (non-hydrogen) atoms. The summed E-state index contributed by atoms with van der Waals surface area (Å²) in [6.45, 7) is 13.3. The molecule has 0 aliphatic heterocycles. The zero-order valence-electron chi connectivity index (χ0n) is 15.7. The third kappa shape index (κ3) is 4.24. The van der Waals surface area contributed by atoms with Gasteiger partial charge in [-0.1, -0.05) is 37.6 Å². The van der Waals surface area contributed by atoms with Gasteiger partial charge in [0.1, 0.15) is 5.78 Å². The average Bonchev–Trinajstić information content (AvgIpc) is 2.75. The zero-order chi connectivity index (χ0) is 17.3. The third-order valence-electron chi connectivity index (χ3n) is 5.52. The van der Waals surface area contributed by atoms with E-state index in [1.54, 1.807) is 0 Å². The fourth-order valence-electron chi connectivity index (χ4n) is 4.56. The minimum Gasteiger partial charge on any atom is -0.409 e. The summed E-state index contributed by atoms with van der Waals surface area (Å²) >= 11 is 0. The topological polar surface area (TPSA) is 26.3 Å². The van der Waals surface area contributed by atoms with Crippen LogP contribution in [0.1, 0.15) is 59.8 Å². The highest BCUT2D eigenvalue weighted by Crippen LogP contribution is 2.53.